The quantitative estimate of drug-likeness (QED) is 0.880. The minimum Gasteiger partial charge on any atom is -0.349 e. The molecule has 1 aliphatic carbocycles. The second-order valence-corrected chi connectivity index (χ2v) is 6.58. The minimum atomic E-state index is 0.0363. The highest BCUT2D eigenvalue weighted by Gasteiger charge is 2.25. The molecule has 0 radical (unpaired) electrons. The summed E-state index contributed by atoms with van der Waals surface area (Å²) in [7, 11) is 0. The Morgan fingerprint density at radius 2 is 1.90 bits per heavy atom. The van der Waals surface area contributed by atoms with Gasteiger partial charge in [-0.3, -0.25) is 4.79 Å². The fourth-order valence-corrected chi connectivity index (χ4v) is 3.08. The maximum Gasteiger partial charge on any atom is 0.251 e. The predicted molar refractivity (Wildman–Crippen MR) is 85.9 cm³/mol. The van der Waals surface area contributed by atoms with Crippen LogP contribution in [-0.2, 0) is 0 Å². The third kappa shape index (κ3) is 2.73. The van der Waals surface area contributed by atoms with E-state index in [4.69, 9.17) is 0 Å². The van der Waals surface area contributed by atoms with E-state index < -0.39 is 0 Å². The summed E-state index contributed by atoms with van der Waals surface area (Å²) in [6, 6.07) is 12.2. The first-order valence-corrected chi connectivity index (χ1v) is 7.93. The molecule has 20 heavy (non-hydrogen) atoms. The number of halogens is 1. The average Bonchev–Trinajstić information content (AvgIpc) is 2.35. The number of nitrogens with one attached hydrogen (secondary N) is 1. The van der Waals surface area contributed by atoms with Gasteiger partial charge < -0.3 is 5.32 Å². The van der Waals surface area contributed by atoms with Crippen LogP contribution in [0.4, 0.5) is 0 Å². The van der Waals surface area contributed by atoms with Crippen LogP contribution in [0.15, 0.2) is 40.9 Å². The van der Waals surface area contributed by atoms with Gasteiger partial charge in [-0.05, 0) is 60.7 Å². The zero-order valence-electron chi connectivity index (χ0n) is 11.5. The summed E-state index contributed by atoms with van der Waals surface area (Å²) in [5.41, 5.74) is 0.742. The zero-order valence-corrected chi connectivity index (χ0v) is 13.1. The fraction of sp³-hybridized carbons (Fsp3) is 0.353. The van der Waals surface area contributed by atoms with E-state index in [2.05, 4.69) is 34.2 Å². The largest absolute Gasteiger partial charge is 0.349 e. The van der Waals surface area contributed by atoms with Gasteiger partial charge >= 0.3 is 0 Å². The Morgan fingerprint density at radius 3 is 2.60 bits per heavy atom. The molecular weight excluding hydrogens is 314 g/mol. The second-order valence-electron chi connectivity index (χ2n) is 5.66. The van der Waals surface area contributed by atoms with E-state index in [0.717, 1.165) is 20.8 Å². The number of hydrogen-bond acceptors (Lipinski definition) is 1. The highest BCUT2D eigenvalue weighted by molar-refractivity contribution is 9.10. The lowest BCUT2D eigenvalue weighted by Gasteiger charge is -2.31. The highest BCUT2D eigenvalue weighted by atomic mass is 79.9. The Hall–Kier alpha value is -1.35. The van der Waals surface area contributed by atoms with Gasteiger partial charge in [0.2, 0.25) is 0 Å². The molecule has 104 valence electrons. The third-order valence-corrected chi connectivity index (χ3v) is 4.77. The number of benzene rings is 2. The highest BCUT2D eigenvalue weighted by Crippen LogP contribution is 2.29. The van der Waals surface area contributed by atoms with Gasteiger partial charge in [-0.1, -0.05) is 34.5 Å². The lowest BCUT2D eigenvalue weighted by Crippen LogP contribution is -2.40. The van der Waals surface area contributed by atoms with E-state index >= 15 is 0 Å². The number of amides is 1. The van der Waals surface area contributed by atoms with Crippen molar-refractivity contribution in [1.29, 1.82) is 0 Å². The summed E-state index contributed by atoms with van der Waals surface area (Å²) in [5.74, 6) is 0.699. The van der Waals surface area contributed by atoms with Gasteiger partial charge in [-0.15, -0.1) is 0 Å². The Morgan fingerprint density at radius 1 is 1.20 bits per heavy atom. The van der Waals surface area contributed by atoms with Crippen LogP contribution in [0.2, 0.25) is 0 Å². The van der Waals surface area contributed by atoms with Gasteiger partial charge in [0.05, 0.1) is 0 Å². The molecule has 3 rings (SSSR count). The van der Waals surface area contributed by atoms with Gasteiger partial charge in [0.15, 0.2) is 0 Å². The molecule has 0 saturated heterocycles. The summed E-state index contributed by atoms with van der Waals surface area (Å²) >= 11 is 3.46. The number of rotatable bonds is 3. The molecule has 1 fully saturated rings. The Balaban J connectivity index is 1.78. The van der Waals surface area contributed by atoms with Crippen LogP contribution in [-0.4, -0.2) is 11.9 Å². The third-order valence-electron chi connectivity index (χ3n) is 4.28. The SMILES string of the molecule is CC(NC(=O)c1ccc2cc(Br)ccc2c1)C1CCC1. The summed E-state index contributed by atoms with van der Waals surface area (Å²) in [6.45, 7) is 2.11. The molecule has 2 aromatic rings. The van der Waals surface area contributed by atoms with E-state index in [-0.39, 0.29) is 11.9 Å². The molecule has 0 aliphatic heterocycles. The predicted octanol–water partition coefficient (Wildman–Crippen LogP) is 4.52. The van der Waals surface area contributed by atoms with Gasteiger partial charge in [0.1, 0.15) is 0 Å². The summed E-state index contributed by atoms with van der Waals surface area (Å²) in [6.07, 6.45) is 3.79. The van der Waals surface area contributed by atoms with Gasteiger partial charge in [0.25, 0.3) is 5.91 Å². The van der Waals surface area contributed by atoms with E-state index in [0.29, 0.717) is 5.92 Å². The van der Waals surface area contributed by atoms with Crippen molar-refractivity contribution in [3.63, 3.8) is 0 Å². The lowest BCUT2D eigenvalue weighted by molar-refractivity contribution is 0.0909. The van der Waals surface area contributed by atoms with Crippen LogP contribution >= 0.6 is 15.9 Å². The van der Waals surface area contributed by atoms with Crippen LogP contribution < -0.4 is 5.32 Å². The molecule has 1 unspecified atom stereocenters. The minimum absolute atomic E-state index is 0.0363. The molecule has 0 bridgehead atoms. The van der Waals surface area contributed by atoms with Crippen LogP contribution in [0, 0.1) is 5.92 Å². The van der Waals surface area contributed by atoms with Crippen molar-refractivity contribution < 1.29 is 4.79 Å². The van der Waals surface area contributed by atoms with Crippen molar-refractivity contribution in [2.75, 3.05) is 0 Å². The summed E-state index contributed by atoms with van der Waals surface area (Å²) < 4.78 is 1.06. The molecule has 1 atom stereocenters. The smallest absolute Gasteiger partial charge is 0.251 e. The van der Waals surface area contributed by atoms with Gasteiger partial charge in [-0.2, -0.15) is 0 Å². The topological polar surface area (TPSA) is 29.1 Å². The molecule has 1 N–H and O–H groups in total. The van der Waals surface area contributed by atoms with Crippen molar-refractivity contribution in [2.45, 2.75) is 32.2 Å². The molecule has 1 amide bonds. The zero-order chi connectivity index (χ0) is 14.1. The molecule has 0 heterocycles. The maximum atomic E-state index is 12.3. The Kier molecular flexibility index (Phi) is 3.79. The first-order valence-electron chi connectivity index (χ1n) is 7.14. The molecule has 0 aromatic heterocycles. The average molecular weight is 332 g/mol. The van der Waals surface area contributed by atoms with Crippen LogP contribution in [0.1, 0.15) is 36.5 Å². The first-order chi connectivity index (χ1) is 9.63. The second kappa shape index (κ2) is 5.57. The summed E-state index contributed by atoms with van der Waals surface area (Å²) in [4.78, 5) is 12.3. The lowest BCUT2D eigenvalue weighted by atomic mass is 9.80. The van der Waals surface area contributed by atoms with Crippen molar-refractivity contribution in [3.8, 4) is 0 Å². The number of carbonyl (C=O) groups excluding carboxylic acids is 1. The standard InChI is InChI=1S/C17H18BrNO/c1-11(12-3-2-4-12)19-17(20)15-6-5-14-10-16(18)8-7-13(14)9-15/h5-12H,2-4H2,1H3,(H,19,20). The van der Waals surface area contributed by atoms with Crippen LogP contribution in [0.3, 0.4) is 0 Å². The van der Waals surface area contributed by atoms with Crippen molar-refractivity contribution in [1.82, 2.24) is 5.32 Å². The first kappa shape index (κ1) is 13.6. The van der Waals surface area contributed by atoms with Gasteiger partial charge in [-0.25, -0.2) is 0 Å². The molecule has 2 nitrogen and oxygen atoms in total. The normalized spacial score (nSPS) is 16.7. The molecular formula is C17H18BrNO. The Bertz CT molecular complexity index is 648. The van der Waals surface area contributed by atoms with E-state index in [9.17, 15) is 4.79 Å². The van der Waals surface area contributed by atoms with E-state index in [1.54, 1.807) is 0 Å². The summed E-state index contributed by atoms with van der Waals surface area (Å²) in [5, 5.41) is 5.36. The maximum absolute atomic E-state index is 12.3. The van der Waals surface area contributed by atoms with E-state index in [1.165, 1.54) is 19.3 Å². The van der Waals surface area contributed by atoms with Gasteiger partial charge in [0, 0.05) is 16.1 Å². The number of fused-ring (bicyclic) bond motifs is 1. The van der Waals surface area contributed by atoms with Crippen molar-refractivity contribution in [3.05, 3.63) is 46.4 Å². The number of hydrogen-bond donors (Lipinski definition) is 1. The Labute approximate surface area is 127 Å². The fourth-order valence-electron chi connectivity index (χ4n) is 2.71. The van der Waals surface area contributed by atoms with Crippen molar-refractivity contribution in [2.24, 2.45) is 5.92 Å². The molecule has 0 spiro atoms. The van der Waals surface area contributed by atoms with Crippen molar-refractivity contribution >= 4 is 32.6 Å². The van der Waals surface area contributed by atoms with Crippen LogP contribution in [0.5, 0.6) is 0 Å². The molecule has 2 aromatic carbocycles. The molecule has 3 heteroatoms. The monoisotopic (exact) mass is 331 g/mol. The number of carbonyl (C=O) groups is 1. The van der Waals surface area contributed by atoms with Crippen LogP contribution in [0.25, 0.3) is 10.8 Å². The molecule has 1 aliphatic rings. The van der Waals surface area contributed by atoms with E-state index in [1.807, 2.05) is 30.3 Å². The molecule has 1 saturated carbocycles.